The van der Waals surface area contributed by atoms with Crippen LogP contribution in [0.2, 0.25) is 0 Å². The number of amides is 1. The number of carbonyl (C=O) groups excluding carboxylic acids is 1. The second-order valence-corrected chi connectivity index (χ2v) is 4.18. The minimum absolute atomic E-state index is 0.0544. The van der Waals surface area contributed by atoms with Crippen LogP contribution in [0.3, 0.4) is 0 Å². The molecule has 0 bridgehead atoms. The van der Waals surface area contributed by atoms with Gasteiger partial charge >= 0.3 is 6.18 Å². The second-order valence-electron chi connectivity index (χ2n) is 3.80. The molecule has 0 aliphatic heterocycles. The Balaban J connectivity index is 2.92. The minimum Gasteiger partial charge on any atom is -0.328 e. The van der Waals surface area contributed by atoms with Crippen LogP contribution in [-0.4, -0.2) is 45.7 Å². The summed E-state index contributed by atoms with van der Waals surface area (Å²) in [6.07, 6.45) is -3.19. The summed E-state index contributed by atoms with van der Waals surface area (Å²) in [5.41, 5.74) is 0.675. The van der Waals surface area contributed by atoms with Crippen molar-refractivity contribution in [3.63, 3.8) is 0 Å². The van der Waals surface area contributed by atoms with Crippen LogP contribution in [0.1, 0.15) is 16.1 Å². The van der Waals surface area contributed by atoms with Crippen LogP contribution in [0.25, 0.3) is 0 Å². The Morgan fingerprint density at radius 3 is 2.56 bits per heavy atom. The Labute approximate surface area is 107 Å². The van der Waals surface area contributed by atoms with Gasteiger partial charge in [-0.3, -0.25) is 9.48 Å². The van der Waals surface area contributed by atoms with Crippen molar-refractivity contribution in [3.05, 3.63) is 17.5 Å². The number of hydrogen-bond acceptors (Lipinski definition) is 2. The summed E-state index contributed by atoms with van der Waals surface area (Å²) in [6, 6.07) is 0. The molecule has 1 aromatic heterocycles. The number of hydrogen-bond donors (Lipinski definition) is 0. The van der Waals surface area contributed by atoms with Gasteiger partial charge in [-0.25, -0.2) is 0 Å². The first-order chi connectivity index (χ1) is 8.26. The highest BCUT2D eigenvalue weighted by atomic mass is 35.5. The minimum atomic E-state index is -4.45. The number of nitrogens with zero attached hydrogens (tertiary/aromatic N) is 3. The van der Waals surface area contributed by atoms with Gasteiger partial charge in [0.25, 0.3) is 5.91 Å². The Bertz CT molecular complexity index is 430. The van der Waals surface area contributed by atoms with Crippen LogP contribution in [0.4, 0.5) is 13.2 Å². The molecule has 4 nitrogen and oxygen atoms in total. The molecule has 0 aliphatic carbocycles. The van der Waals surface area contributed by atoms with E-state index in [0.717, 1.165) is 0 Å². The third-order valence-corrected chi connectivity index (χ3v) is 2.65. The van der Waals surface area contributed by atoms with E-state index in [9.17, 15) is 18.0 Å². The lowest BCUT2D eigenvalue weighted by atomic mass is 10.2. The molecular weight excluding hydrogens is 271 g/mol. The number of rotatable bonds is 4. The van der Waals surface area contributed by atoms with E-state index in [1.54, 1.807) is 14.0 Å². The second kappa shape index (κ2) is 5.60. The van der Waals surface area contributed by atoms with Crippen molar-refractivity contribution in [2.45, 2.75) is 13.1 Å². The smallest absolute Gasteiger partial charge is 0.328 e. The molecule has 0 aromatic carbocycles. The van der Waals surface area contributed by atoms with Crippen molar-refractivity contribution in [2.75, 3.05) is 19.0 Å². The molecule has 1 heterocycles. The summed E-state index contributed by atoms with van der Waals surface area (Å²) < 4.78 is 38.5. The van der Waals surface area contributed by atoms with E-state index in [2.05, 4.69) is 5.10 Å². The summed E-state index contributed by atoms with van der Waals surface area (Å²) in [4.78, 5) is 12.6. The van der Waals surface area contributed by atoms with Gasteiger partial charge in [0.05, 0.1) is 11.8 Å². The third kappa shape index (κ3) is 3.63. The van der Waals surface area contributed by atoms with Crippen LogP contribution in [0.5, 0.6) is 0 Å². The maximum atomic E-state index is 12.4. The van der Waals surface area contributed by atoms with Crippen LogP contribution < -0.4 is 0 Å². The van der Waals surface area contributed by atoms with Gasteiger partial charge in [0, 0.05) is 25.2 Å². The van der Waals surface area contributed by atoms with Crippen molar-refractivity contribution in [1.29, 1.82) is 0 Å². The average molecular weight is 284 g/mol. The molecule has 0 saturated carbocycles. The third-order valence-electron chi connectivity index (χ3n) is 2.48. The number of alkyl halides is 4. The molecule has 0 aliphatic rings. The fraction of sp³-hybridized carbons (Fsp3) is 0.600. The summed E-state index contributed by atoms with van der Waals surface area (Å²) in [6.45, 7) is 0.147. The van der Waals surface area contributed by atoms with Gasteiger partial charge < -0.3 is 4.90 Å². The Hall–Kier alpha value is -1.24. The molecule has 0 N–H and O–H groups in total. The van der Waals surface area contributed by atoms with E-state index < -0.39 is 18.6 Å². The predicted octanol–water partition coefficient (Wildman–Crippen LogP) is 1.97. The van der Waals surface area contributed by atoms with E-state index in [1.165, 1.54) is 10.9 Å². The first-order valence-corrected chi connectivity index (χ1v) is 5.70. The maximum Gasteiger partial charge on any atom is 0.406 e. The van der Waals surface area contributed by atoms with Crippen LogP contribution in [-0.2, 0) is 7.05 Å². The summed E-state index contributed by atoms with van der Waals surface area (Å²) in [5, 5.41) is 3.83. The number of aromatic nitrogens is 2. The molecule has 18 heavy (non-hydrogen) atoms. The Morgan fingerprint density at radius 1 is 1.56 bits per heavy atom. The van der Waals surface area contributed by atoms with E-state index >= 15 is 0 Å². The number of halogens is 4. The highest BCUT2D eigenvalue weighted by Gasteiger charge is 2.33. The van der Waals surface area contributed by atoms with Gasteiger partial charge in [0.2, 0.25) is 0 Å². The molecule has 0 atom stereocenters. The lowest BCUT2D eigenvalue weighted by Gasteiger charge is -2.22. The standard InChI is InChI=1S/C10H13ClF3N3O/c1-7-8(5-15-16(7)2)9(18)17(4-3-11)6-10(12,13)14/h5H,3-4,6H2,1-2H3. The monoisotopic (exact) mass is 283 g/mol. The van der Waals surface area contributed by atoms with E-state index in [-0.39, 0.29) is 18.0 Å². The topological polar surface area (TPSA) is 38.1 Å². The molecule has 1 aromatic rings. The summed E-state index contributed by atoms with van der Waals surface area (Å²) >= 11 is 5.42. The number of carbonyl (C=O) groups is 1. The van der Waals surface area contributed by atoms with Gasteiger partial charge in [-0.1, -0.05) is 0 Å². The lowest BCUT2D eigenvalue weighted by molar-refractivity contribution is -0.140. The quantitative estimate of drug-likeness (QED) is 0.793. The molecule has 8 heteroatoms. The largest absolute Gasteiger partial charge is 0.406 e. The van der Waals surface area contributed by atoms with Crippen molar-refractivity contribution < 1.29 is 18.0 Å². The summed E-state index contributed by atoms with van der Waals surface area (Å²) in [5.74, 6) is -0.764. The van der Waals surface area contributed by atoms with Crippen LogP contribution in [0, 0.1) is 6.92 Å². The molecule has 1 amide bonds. The Morgan fingerprint density at radius 2 is 2.17 bits per heavy atom. The van der Waals surface area contributed by atoms with Gasteiger partial charge in [0.1, 0.15) is 6.54 Å². The highest BCUT2D eigenvalue weighted by Crippen LogP contribution is 2.19. The zero-order valence-electron chi connectivity index (χ0n) is 9.96. The molecule has 0 fully saturated rings. The number of aryl methyl sites for hydroxylation is 1. The zero-order chi connectivity index (χ0) is 13.9. The molecule has 0 saturated heterocycles. The summed E-state index contributed by atoms with van der Waals surface area (Å²) in [7, 11) is 1.61. The van der Waals surface area contributed by atoms with Crippen molar-refractivity contribution in [2.24, 2.45) is 7.05 Å². The van der Waals surface area contributed by atoms with Gasteiger partial charge in [-0.05, 0) is 6.92 Å². The maximum absolute atomic E-state index is 12.4. The molecule has 102 valence electrons. The van der Waals surface area contributed by atoms with E-state index in [4.69, 9.17) is 11.6 Å². The van der Waals surface area contributed by atoms with Gasteiger partial charge in [-0.15, -0.1) is 11.6 Å². The van der Waals surface area contributed by atoms with Crippen molar-refractivity contribution in [3.8, 4) is 0 Å². The van der Waals surface area contributed by atoms with Crippen molar-refractivity contribution in [1.82, 2.24) is 14.7 Å². The van der Waals surface area contributed by atoms with E-state index in [0.29, 0.717) is 10.6 Å². The normalized spacial score (nSPS) is 11.7. The van der Waals surface area contributed by atoms with Crippen LogP contribution in [0.15, 0.2) is 6.20 Å². The average Bonchev–Trinajstić information content (AvgIpc) is 2.56. The first kappa shape index (κ1) is 14.8. The molecule has 1 rings (SSSR count). The molecule has 0 unspecified atom stereocenters. The molecule has 0 radical (unpaired) electrons. The lowest BCUT2D eigenvalue weighted by Crippen LogP contribution is -2.40. The zero-order valence-corrected chi connectivity index (χ0v) is 10.7. The Kier molecular flexibility index (Phi) is 4.61. The van der Waals surface area contributed by atoms with Gasteiger partial charge in [0.15, 0.2) is 0 Å². The highest BCUT2D eigenvalue weighted by molar-refractivity contribution is 6.18. The predicted molar refractivity (Wildman–Crippen MR) is 60.6 cm³/mol. The van der Waals surface area contributed by atoms with Crippen molar-refractivity contribution >= 4 is 17.5 Å². The SMILES string of the molecule is Cc1c(C(=O)N(CCCl)CC(F)(F)F)cnn1C. The van der Waals surface area contributed by atoms with Gasteiger partial charge in [-0.2, -0.15) is 18.3 Å². The van der Waals surface area contributed by atoms with Crippen LogP contribution >= 0.6 is 11.6 Å². The fourth-order valence-corrected chi connectivity index (χ4v) is 1.65. The molecular formula is C10H13ClF3N3O. The first-order valence-electron chi connectivity index (χ1n) is 5.17. The van der Waals surface area contributed by atoms with E-state index in [1.807, 2.05) is 0 Å². The fourth-order valence-electron chi connectivity index (χ4n) is 1.45. The molecule has 0 spiro atoms.